The van der Waals surface area contributed by atoms with Gasteiger partial charge in [0, 0.05) is 48.9 Å². The summed E-state index contributed by atoms with van der Waals surface area (Å²) in [6.45, 7) is 9.79. The van der Waals surface area contributed by atoms with E-state index in [4.69, 9.17) is 0 Å². The Morgan fingerprint density at radius 1 is 1.44 bits per heavy atom. The Hall–Kier alpha value is -1.60. The molecule has 1 aliphatic heterocycles. The van der Waals surface area contributed by atoms with Crippen molar-refractivity contribution in [1.82, 2.24) is 20.4 Å². The maximum atomic E-state index is 11.9. The molecule has 2 unspecified atom stereocenters. The van der Waals surface area contributed by atoms with Crippen molar-refractivity contribution in [2.45, 2.75) is 52.1 Å². The predicted molar refractivity (Wildman–Crippen MR) is 115 cm³/mol. The Kier molecular flexibility index (Phi) is 8.57. The molecule has 0 spiro atoms. The molecule has 152 valence electrons. The largest absolute Gasteiger partial charge is 0.355 e. The average Bonchev–Trinajstić information content (AvgIpc) is 3.25. The summed E-state index contributed by atoms with van der Waals surface area (Å²) in [7, 11) is 3.52. The summed E-state index contributed by atoms with van der Waals surface area (Å²) in [5.41, 5.74) is 0. The fraction of sp³-hybridized carbons (Fsp3) is 0.700. The number of hydrogen-bond acceptors (Lipinski definition) is 4. The van der Waals surface area contributed by atoms with Gasteiger partial charge in [0.05, 0.1) is 0 Å². The van der Waals surface area contributed by atoms with Gasteiger partial charge in [-0.15, -0.1) is 11.3 Å². The summed E-state index contributed by atoms with van der Waals surface area (Å²) in [4.78, 5) is 23.3. The van der Waals surface area contributed by atoms with Crippen molar-refractivity contribution in [1.29, 1.82) is 0 Å². The van der Waals surface area contributed by atoms with Crippen molar-refractivity contribution >= 4 is 23.2 Å². The fourth-order valence-corrected chi connectivity index (χ4v) is 4.40. The van der Waals surface area contributed by atoms with Crippen LogP contribution in [0.2, 0.25) is 0 Å². The van der Waals surface area contributed by atoms with Gasteiger partial charge in [0.2, 0.25) is 5.91 Å². The second-order valence-corrected chi connectivity index (χ2v) is 8.89. The number of aliphatic imine (C=N–C) groups is 1. The molecule has 0 bridgehead atoms. The predicted octanol–water partition coefficient (Wildman–Crippen LogP) is 2.10. The van der Waals surface area contributed by atoms with Gasteiger partial charge in [-0.25, -0.2) is 4.99 Å². The lowest BCUT2D eigenvalue weighted by Crippen LogP contribution is -2.48. The molecule has 0 radical (unpaired) electrons. The van der Waals surface area contributed by atoms with Gasteiger partial charge in [-0.2, -0.15) is 0 Å². The normalized spacial score (nSPS) is 19.1. The molecule has 1 fully saturated rings. The molecule has 7 heteroatoms. The van der Waals surface area contributed by atoms with E-state index in [1.807, 2.05) is 11.3 Å². The van der Waals surface area contributed by atoms with Crippen LogP contribution < -0.4 is 10.6 Å². The molecule has 0 aliphatic carbocycles. The molecule has 1 amide bonds. The molecule has 27 heavy (non-hydrogen) atoms. The van der Waals surface area contributed by atoms with Crippen LogP contribution in [0, 0.1) is 6.92 Å². The Labute approximate surface area is 168 Å². The molecule has 1 aromatic rings. The second kappa shape index (κ2) is 10.7. The highest BCUT2D eigenvalue weighted by molar-refractivity contribution is 7.11. The zero-order valence-corrected chi connectivity index (χ0v) is 18.2. The Morgan fingerprint density at radius 2 is 2.22 bits per heavy atom. The first kappa shape index (κ1) is 21.7. The smallest absolute Gasteiger partial charge is 0.243 e. The Balaban J connectivity index is 1.95. The number of hydrogen-bond donors (Lipinski definition) is 2. The SMILES string of the molecule is CCN1CCCC1CNC(=NCC(=O)N(C)C)NC(C)Cc1ccc(C)s1. The molecule has 1 aliphatic rings. The first-order chi connectivity index (χ1) is 12.9. The van der Waals surface area contributed by atoms with E-state index in [2.05, 4.69) is 53.4 Å². The third-order valence-corrected chi connectivity index (χ3v) is 5.99. The lowest BCUT2D eigenvalue weighted by Gasteiger charge is -2.25. The third kappa shape index (κ3) is 7.14. The number of likely N-dealkylation sites (N-methyl/N-ethyl adjacent to an activating group) is 2. The van der Waals surface area contributed by atoms with E-state index in [9.17, 15) is 4.79 Å². The maximum absolute atomic E-state index is 11.9. The molecule has 0 saturated carbocycles. The van der Waals surface area contributed by atoms with Crippen LogP contribution in [-0.2, 0) is 11.2 Å². The van der Waals surface area contributed by atoms with E-state index in [-0.39, 0.29) is 18.5 Å². The van der Waals surface area contributed by atoms with Gasteiger partial charge in [-0.1, -0.05) is 6.92 Å². The molecule has 1 saturated heterocycles. The summed E-state index contributed by atoms with van der Waals surface area (Å²) in [5.74, 6) is 0.739. The Bertz CT molecular complexity index is 628. The minimum Gasteiger partial charge on any atom is -0.355 e. The quantitative estimate of drug-likeness (QED) is 0.525. The van der Waals surface area contributed by atoms with E-state index >= 15 is 0 Å². The summed E-state index contributed by atoms with van der Waals surface area (Å²) in [6.07, 6.45) is 3.42. The topological polar surface area (TPSA) is 60.0 Å². The highest BCUT2D eigenvalue weighted by Gasteiger charge is 2.23. The number of guanidine groups is 1. The van der Waals surface area contributed by atoms with Crippen LogP contribution >= 0.6 is 11.3 Å². The zero-order valence-electron chi connectivity index (χ0n) is 17.4. The average molecular weight is 394 g/mol. The van der Waals surface area contributed by atoms with Crippen LogP contribution in [0.25, 0.3) is 0 Å². The number of nitrogens with zero attached hydrogens (tertiary/aromatic N) is 3. The number of nitrogens with one attached hydrogen (secondary N) is 2. The summed E-state index contributed by atoms with van der Waals surface area (Å²) in [6, 6.07) is 5.14. The second-order valence-electron chi connectivity index (χ2n) is 7.52. The molecule has 2 atom stereocenters. The number of carbonyl (C=O) groups excluding carboxylic acids is 1. The highest BCUT2D eigenvalue weighted by atomic mass is 32.1. The lowest BCUT2D eigenvalue weighted by molar-refractivity contribution is -0.127. The minimum absolute atomic E-state index is 0.00804. The Morgan fingerprint density at radius 3 is 2.85 bits per heavy atom. The molecular weight excluding hydrogens is 358 g/mol. The number of carbonyl (C=O) groups is 1. The van der Waals surface area contributed by atoms with Crippen LogP contribution in [-0.4, -0.2) is 74.0 Å². The zero-order chi connectivity index (χ0) is 19.8. The van der Waals surface area contributed by atoms with Crippen LogP contribution in [0.3, 0.4) is 0 Å². The number of likely N-dealkylation sites (tertiary alicyclic amines) is 1. The number of thiophene rings is 1. The first-order valence-electron chi connectivity index (χ1n) is 9.93. The first-order valence-corrected chi connectivity index (χ1v) is 10.7. The minimum atomic E-state index is 0.00804. The third-order valence-electron chi connectivity index (χ3n) is 4.97. The highest BCUT2D eigenvalue weighted by Crippen LogP contribution is 2.17. The van der Waals surface area contributed by atoms with Crippen molar-refractivity contribution in [2.75, 3.05) is 40.3 Å². The van der Waals surface area contributed by atoms with E-state index in [1.54, 1.807) is 19.0 Å². The van der Waals surface area contributed by atoms with Crippen LogP contribution in [0.15, 0.2) is 17.1 Å². The molecule has 1 aromatic heterocycles. The summed E-state index contributed by atoms with van der Waals surface area (Å²) in [5, 5.41) is 6.95. The number of amides is 1. The number of aryl methyl sites for hydroxylation is 1. The monoisotopic (exact) mass is 393 g/mol. The van der Waals surface area contributed by atoms with Gasteiger partial charge in [0.25, 0.3) is 0 Å². The van der Waals surface area contributed by atoms with E-state index in [0.29, 0.717) is 6.04 Å². The van der Waals surface area contributed by atoms with E-state index in [1.165, 1.54) is 29.1 Å². The van der Waals surface area contributed by atoms with Gasteiger partial charge < -0.3 is 15.5 Å². The van der Waals surface area contributed by atoms with Gasteiger partial charge in [-0.3, -0.25) is 9.69 Å². The van der Waals surface area contributed by atoms with Crippen molar-refractivity contribution in [2.24, 2.45) is 4.99 Å². The van der Waals surface area contributed by atoms with Crippen LogP contribution in [0.1, 0.15) is 36.4 Å². The van der Waals surface area contributed by atoms with Crippen LogP contribution in [0.4, 0.5) is 0 Å². The molecule has 0 aromatic carbocycles. The summed E-state index contributed by atoms with van der Waals surface area (Å²) >= 11 is 1.83. The molecule has 2 N–H and O–H groups in total. The molecular formula is C20H35N5OS. The van der Waals surface area contributed by atoms with Gasteiger partial charge >= 0.3 is 0 Å². The molecule has 6 nitrogen and oxygen atoms in total. The van der Waals surface area contributed by atoms with Gasteiger partial charge in [-0.05, 0) is 51.9 Å². The van der Waals surface area contributed by atoms with Gasteiger partial charge in [0.1, 0.15) is 6.54 Å². The fourth-order valence-electron chi connectivity index (χ4n) is 3.38. The van der Waals surface area contributed by atoms with Crippen LogP contribution in [0.5, 0.6) is 0 Å². The number of rotatable bonds is 8. The van der Waals surface area contributed by atoms with E-state index in [0.717, 1.165) is 25.5 Å². The van der Waals surface area contributed by atoms with Crippen molar-refractivity contribution in [3.63, 3.8) is 0 Å². The van der Waals surface area contributed by atoms with Crippen molar-refractivity contribution < 1.29 is 4.79 Å². The van der Waals surface area contributed by atoms with Crippen molar-refractivity contribution in [3.8, 4) is 0 Å². The van der Waals surface area contributed by atoms with Gasteiger partial charge in [0.15, 0.2) is 5.96 Å². The van der Waals surface area contributed by atoms with E-state index < -0.39 is 0 Å². The van der Waals surface area contributed by atoms with Crippen molar-refractivity contribution in [3.05, 3.63) is 21.9 Å². The maximum Gasteiger partial charge on any atom is 0.243 e. The standard InChI is InChI=1S/C20H35N5OS/c1-6-25-11-7-8-17(25)13-21-20(22-14-19(26)24(4)5)23-15(2)12-18-10-9-16(3)27-18/h9-10,15,17H,6-8,11-14H2,1-5H3,(H2,21,22,23). The lowest BCUT2D eigenvalue weighted by atomic mass is 10.2. The molecule has 2 rings (SSSR count). The molecule has 2 heterocycles. The summed E-state index contributed by atoms with van der Waals surface area (Å²) < 4.78 is 0.